The number of nitrogens with zero attached hydrogens (tertiary/aromatic N) is 4. The number of likely N-dealkylation sites (tertiary alicyclic amines) is 1. The summed E-state index contributed by atoms with van der Waals surface area (Å²) in [4.78, 5) is 147. The molecule has 6 atom stereocenters. The van der Waals surface area contributed by atoms with E-state index in [1.165, 1.54) is 15.9 Å². The minimum Gasteiger partial charge on any atom is -0.370 e. The summed E-state index contributed by atoms with van der Waals surface area (Å²) >= 11 is 0.818. The maximum Gasteiger partial charge on any atom is 0.399 e. The van der Waals surface area contributed by atoms with Gasteiger partial charge in [0.1, 0.15) is 30.2 Å². The van der Waals surface area contributed by atoms with Crippen molar-refractivity contribution in [3.63, 3.8) is 0 Å². The zero-order valence-electron chi connectivity index (χ0n) is 49.8. The number of alkyl halides is 4. The number of aryl methyl sites for hydroxylation is 1. The minimum absolute atomic E-state index is 0.0317. The van der Waals surface area contributed by atoms with Crippen LogP contribution in [-0.4, -0.2) is 158 Å². The molecule has 3 aromatic carbocycles. The van der Waals surface area contributed by atoms with E-state index in [1.807, 2.05) is 36.4 Å². The molecule has 21 nitrogen and oxygen atoms in total. The van der Waals surface area contributed by atoms with Crippen molar-refractivity contribution in [1.82, 2.24) is 40.9 Å². The van der Waals surface area contributed by atoms with Crippen LogP contribution in [-0.2, 0) is 68.6 Å². The van der Waals surface area contributed by atoms with E-state index >= 15 is 0 Å². The standard InChI is InChI=1S/C62H76F4N9O12PS/c1-61(2,3)39-13-11-36(12-14-39)29-45(59(83)73-27-23-35(24-28-73)7-4-5-8-37-9-6-10-42-43(37)32-74(58(42)82)47-19-22-53(77)71-55(47)79)69-54(78)44(17-21-52(67)76)68-56(80)48-18-16-41-25-26-72(34-51(63)64)33-46(60(84)75(41)48)70-57(81)50-31-38-30-40(15-20-49(38)89-50)62(65,66)88(85,86)87/h6,9-15,20,30-31,35,41,44-48,51H,4-5,7-8,16-19,21-29,32-34H2,1-3H3,(H2,67,76)(H,68,80)(H,69,78)(H,70,81)(H,71,77,79)(H2,85,86,87)/t41-,44+,45+,46+,47?,48+/m1/s1. The Morgan fingerprint density at radius 3 is 2.25 bits per heavy atom. The zero-order chi connectivity index (χ0) is 64.3. The van der Waals surface area contributed by atoms with Gasteiger partial charge in [0.15, 0.2) is 0 Å². The quantitative estimate of drug-likeness (QED) is 0.0214. The van der Waals surface area contributed by atoms with Crippen molar-refractivity contribution in [3.8, 4) is 0 Å². The highest BCUT2D eigenvalue weighted by atomic mass is 32.1. The molecule has 5 aliphatic rings. The molecule has 8 N–H and O–H groups in total. The van der Waals surface area contributed by atoms with Crippen LogP contribution in [0.2, 0.25) is 0 Å². The number of thiophene rings is 1. The minimum atomic E-state index is -5.93. The first-order chi connectivity index (χ1) is 42.1. The molecular formula is C62H76F4N9O12PS. The Kier molecular flexibility index (Phi) is 20.5. The molecule has 0 aliphatic carbocycles. The Balaban J connectivity index is 0.861. The van der Waals surface area contributed by atoms with Crippen molar-refractivity contribution in [1.29, 1.82) is 0 Å². The van der Waals surface area contributed by atoms with Gasteiger partial charge in [-0.15, -0.1) is 11.3 Å². The molecule has 9 amide bonds. The highest BCUT2D eigenvalue weighted by molar-refractivity contribution is 7.52. The number of primary amides is 1. The van der Waals surface area contributed by atoms with Gasteiger partial charge in [-0.2, -0.15) is 8.78 Å². The third kappa shape index (κ3) is 15.6. The van der Waals surface area contributed by atoms with E-state index in [4.69, 9.17) is 5.73 Å². The second kappa shape index (κ2) is 27.5. The summed E-state index contributed by atoms with van der Waals surface area (Å²) in [6.45, 7) is 6.19. The predicted octanol–water partition coefficient (Wildman–Crippen LogP) is 5.75. The summed E-state index contributed by atoms with van der Waals surface area (Å²) in [5.41, 5.74) is 4.16. The number of amides is 9. The summed E-state index contributed by atoms with van der Waals surface area (Å²) in [6, 6.07) is 10.6. The highest BCUT2D eigenvalue weighted by Crippen LogP contribution is 2.59. The highest BCUT2D eigenvalue weighted by Gasteiger charge is 2.51. The first kappa shape index (κ1) is 66.3. The van der Waals surface area contributed by atoms with Crippen molar-refractivity contribution < 1.29 is 75.1 Å². The lowest BCUT2D eigenvalue weighted by Crippen LogP contribution is -2.62. The normalized spacial score (nSPS) is 21.3. The maximum absolute atomic E-state index is 14.8. The average molecular weight is 1280 g/mol. The number of hydrogen-bond donors (Lipinski definition) is 7. The predicted molar refractivity (Wildman–Crippen MR) is 320 cm³/mol. The van der Waals surface area contributed by atoms with Gasteiger partial charge in [-0.1, -0.05) is 76.1 Å². The third-order valence-corrected chi connectivity index (χ3v) is 19.9. The number of piperidine rings is 2. The van der Waals surface area contributed by atoms with Crippen molar-refractivity contribution in [2.24, 2.45) is 11.7 Å². The molecule has 0 bridgehead atoms. The second-order valence-electron chi connectivity index (χ2n) is 25.0. The Morgan fingerprint density at radius 2 is 1.57 bits per heavy atom. The van der Waals surface area contributed by atoms with Crippen LogP contribution in [0.15, 0.2) is 66.7 Å². The summed E-state index contributed by atoms with van der Waals surface area (Å²) in [6.07, 6.45) is 2.26. The number of nitrogens with two attached hydrogens (primary N) is 1. The molecule has 4 saturated heterocycles. The fourth-order valence-corrected chi connectivity index (χ4v) is 14.3. The van der Waals surface area contributed by atoms with E-state index in [2.05, 4.69) is 42.0 Å². The van der Waals surface area contributed by atoms with E-state index in [-0.39, 0.29) is 96.0 Å². The number of hydrogen-bond acceptors (Lipinski definition) is 12. The van der Waals surface area contributed by atoms with Crippen molar-refractivity contribution in [2.45, 2.75) is 171 Å². The van der Waals surface area contributed by atoms with E-state index in [0.717, 1.165) is 77.5 Å². The molecule has 480 valence electrons. The van der Waals surface area contributed by atoms with Gasteiger partial charge in [-0.25, -0.2) is 8.78 Å². The second-order valence-corrected chi connectivity index (χ2v) is 27.8. The molecular weight excluding hydrogens is 1200 g/mol. The number of fused-ring (bicyclic) bond motifs is 3. The van der Waals surface area contributed by atoms with Gasteiger partial charge in [0.25, 0.3) is 18.2 Å². The van der Waals surface area contributed by atoms with Gasteiger partial charge in [0.2, 0.25) is 41.4 Å². The average Bonchev–Trinajstić information content (AvgIpc) is 1.77. The molecule has 1 unspecified atom stereocenters. The van der Waals surface area contributed by atoms with E-state index in [9.17, 15) is 75.1 Å². The molecule has 9 rings (SSSR count). The number of halogens is 4. The van der Waals surface area contributed by atoms with Gasteiger partial charge in [0, 0.05) is 73.9 Å². The van der Waals surface area contributed by atoms with E-state index in [0.29, 0.717) is 44.0 Å². The number of rotatable bonds is 22. The number of nitrogens with one attached hydrogen (secondary N) is 4. The first-order valence-corrected chi connectivity index (χ1v) is 32.6. The zero-order valence-corrected chi connectivity index (χ0v) is 51.5. The number of unbranched alkanes of at least 4 members (excludes halogenated alkanes) is 1. The number of carbonyl (C=O) groups is 9. The van der Waals surface area contributed by atoms with E-state index in [1.54, 1.807) is 15.9 Å². The largest absolute Gasteiger partial charge is 0.399 e. The SMILES string of the molecule is CC(C)(C)c1ccc(C[C@H](NC(=O)[C@H](CCC(N)=O)NC(=O)[C@@H]2CC[C@@H]3CCN(CC(F)F)C[C@H](NC(=O)c4cc5cc(C(F)(F)P(=O)(O)O)ccc5s4)C(=O)N32)C(=O)N2CCC(CCCCc3cccc4c3CN(C3CCC(=O)NC3=O)C4=O)CC2)cc1. The molecule has 6 heterocycles. The van der Waals surface area contributed by atoms with Crippen LogP contribution < -0.4 is 27.0 Å². The van der Waals surface area contributed by atoms with Crippen LogP contribution in [0.25, 0.3) is 10.1 Å². The fourth-order valence-electron chi connectivity index (χ4n) is 12.9. The van der Waals surface area contributed by atoms with Crippen LogP contribution in [0.5, 0.6) is 0 Å². The Hall–Kier alpha value is -7.12. The van der Waals surface area contributed by atoms with Crippen molar-refractivity contribution in [2.75, 3.05) is 32.7 Å². The fraction of sp³-hybridized carbons (Fsp3) is 0.532. The van der Waals surface area contributed by atoms with Crippen LogP contribution in [0, 0.1) is 5.92 Å². The molecule has 0 saturated carbocycles. The summed E-state index contributed by atoms with van der Waals surface area (Å²) in [5.74, 6) is -5.15. The lowest BCUT2D eigenvalue weighted by molar-refractivity contribution is -0.144. The Bertz CT molecular complexity index is 3420. The maximum atomic E-state index is 14.8. The monoisotopic (exact) mass is 1280 g/mol. The van der Waals surface area contributed by atoms with Gasteiger partial charge >= 0.3 is 13.3 Å². The molecule has 0 radical (unpaired) electrons. The molecule has 5 aliphatic heterocycles. The van der Waals surface area contributed by atoms with Gasteiger partial charge in [-0.05, 0) is 121 Å². The summed E-state index contributed by atoms with van der Waals surface area (Å²) in [7, 11) is -5.93. The van der Waals surface area contributed by atoms with Gasteiger partial charge < -0.3 is 46.2 Å². The Morgan fingerprint density at radius 1 is 0.854 bits per heavy atom. The molecule has 1 aromatic heterocycles. The first-order valence-electron chi connectivity index (χ1n) is 30.2. The van der Waals surface area contributed by atoms with Crippen LogP contribution >= 0.6 is 18.9 Å². The molecule has 89 heavy (non-hydrogen) atoms. The smallest absolute Gasteiger partial charge is 0.370 e. The molecule has 0 spiro atoms. The molecule has 4 aromatic rings. The van der Waals surface area contributed by atoms with Crippen molar-refractivity contribution >= 4 is 82.2 Å². The van der Waals surface area contributed by atoms with Gasteiger partial charge in [0.05, 0.1) is 11.4 Å². The van der Waals surface area contributed by atoms with Crippen LogP contribution in [0.3, 0.4) is 0 Å². The molecule has 27 heteroatoms. The lowest BCUT2D eigenvalue weighted by atomic mass is 9.86. The van der Waals surface area contributed by atoms with Gasteiger partial charge in [-0.3, -0.25) is 57.9 Å². The number of benzene rings is 3. The third-order valence-electron chi connectivity index (χ3n) is 17.8. The van der Waals surface area contributed by atoms with E-state index < -0.39 is 110 Å². The molecule has 4 fully saturated rings. The number of carbonyl (C=O) groups excluding carboxylic acids is 9. The topological polar surface area (TPSA) is 298 Å². The summed E-state index contributed by atoms with van der Waals surface area (Å²) in [5, 5.41) is 10.6. The number of imide groups is 1. The van der Waals surface area contributed by atoms with Crippen LogP contribution in [0.4, 0.5) is 17.6 Å². The van der Waals surface area contributed by atoms with Crippen molar-refractivity contribution in [3.05, 3.63) is 105 Å². The Labute approximate surface area is 516 Å². The summed E-state index contributed by atoms with van der Waals surface area (Å²) < 4.78 is 69.1. The van der Waals surface area contributed by atoms with Crippen LogP contribution in [0.1, 0.15) is 146 Å². The lowest BCUT2D eigenvalue weighted by Gasteiger charge is -2.39.